The number of nitrogens with one attached hydrogen (secondary N) is 1. The van der Waals surface area contributed by atoms with Gasteiger partial charge in [-0.25, -0.2) is 0 Å². The first-order valence-electron chi connectivity index (χ1n) is 7.49. The van der Waals surface area contributed by atoms with Gasteiger partial charge in [-0.2, -0.15) is 0 Å². The van der Waals surface area contributed by atoms with Crippen molar-refractivity contribution in [2.45, 2.75) is 6.61 Å². The van der Waals surface area contributed by atoms with Gasteiger partial charge in [-0.3, -0.25) is 9.59 Å². The predicted molar refractivity (Wildman–Crippen MR) is 89.7 cm³/mol. The zero-order valence-electron chi connectivity index (χ0n) is 13.1. The van der Waals surface area contributed by atoms with E-state index in [1.807, 2.05) is 30.3 Å². The summed E-state index contributed by atoms with van der Waals surface area (Å²) in [6.07, 6.45) is 0. The molecule has 3 rings (SSSR count). The van der Waals surface area contributed by atoms with Gasteiger partial charge < -0.3 is 14.8 Å². The topological polar surface area (TPSA) is 113 Å². The van der Waals surface area contributed by atoms with Crippen molar-refractivity contribution in [1.29, 1.82) is 0 Å². The lowest BCUT2D eigenvalue weighted by atomic mass is 10.1. The molecule has 8 nitrogen and oxygen atoms in total. The zero-order valence-corrected chi connectivity index (χ0v) is 13.1. The monoisotopic (exact) mass is 338 g/mol. The molecule has 0 saturated carbocycles. The number of ketones is 1. The summed E-state index contributed by atoms with van der Waals surface area (Å²) in [5.41, 5.74) is 9.91. The lowest BCUT2D eigenvalue weighted by Gasteiger charge is -2.21. The van der Waals surface area contributed by atoms with Gasteiger partial charge in [0.25, 0.3) is 5.91 Å². The number of amides is 1. The van der Waals surface area contributed by atoms with Crippen molar-refractivity contribution in [3.63, 3.8) is 0 Å². The molecule has 0 atom stereocenters. The molecule has 1 aliphatic heterocycles. The fourth-order valence-electron chi connectivity index (χ4n) is 2.39. The van der Waals surface area contributed by atoms with Crippen LogP contribution in [0.4, 0.5) is 5.69 Å². The van der Waals surface area contributed by atoms with Crippen molar-refractivity contribution in [2.75, 3.05) is 18.5 Å². The molecule has 0 radical (unpaired) electrons. The number of benzene rings is 2. The number of hydrogen-bond acceptors (Lipinski definition) is 5. The summed E-state index contributed by atoms with van der Waals surface area (Å²) in [5, 5.41) is 5.93. The van der Waals surface area contributed by atoms with E-state index in [-0.39, 0.29) is 30.4 Å². The highest BCUT2D eigenvalue weighted by molar-refractivity contribution is 6.05. The van der Waals surface area contributed by atoms with E-state index in [1.54, 1.807) is 6.07 Å². The van der Waals surface area contributed by atoms with Gasteiger partial charge in [-0.1, -0.05) is 35.4 Å². The molecule has 0 saturated heterocycles. The number of nitrogens with zero attached hydrogens (tertiary/aromatic N) is 3. The van der Waals surface area contributed by atoms with Gasteiger partial charge >= 0.3 is 0 Å². The predicted octanol–water partition coefficient (Wildman–Crippen LogP) is 3.09. The molecule has 0 unspecified atom stereocenters. The second kappa shape index (κ2) is 7.37. The zero-order chi connectivity index (χ0) is 17.6. The van der Waals surface area contributed by atoms with E-state index in [1.165, 1.54) is 6.07 Å². The van der Waals surface area contributed by atoms with E-state index < -0.39 is 5.78 Å². The summed E-state index contributed by atoms with van der Waals surface area (Å²) >= 11 is 0. The molecule has 0 spiro atoms. The van der Waals surface area contributed by atoms with Gasteiger partial charge in [0.1, 0.15) is 12.4 Å². The normalized spacial score (nSPS) is 12.2. The number of hydrogen-bond donors (Lipinski definition) is 1. The average Bonchev–Trinajstić information content (AvgIpc) is 2.64. The van der Waals surface area contributed by atoms with E-state index in [9.17, 15) is 9.59 Å². The molecule has 25 heavy (non-hydrogen) atoms. The quantitative estimate of drug-likeness (QED) is 0.377. The Hall–Kier alpha value is -3.51. The van der Waals surface area contributed by atoms with Crippen LogP contribution in [0.1, 0.15) is 15.9 Å². The Morgan fingerprint density at radius 1 is 1.32 bits per heavy atom. The molecule has 8 heteroatoms. The third-order valence-electron chi connectivity index (χ3n) is 3.51. The third kappa shape index (κ3) is 3.88. The number of Topliss-reactive ketones (excluding diaryl/α,β-unsaturated/α-hetero) is 1. The van der Waals surface area contributed by atoms with E-state index in [2.05, 4.69) is 15.3 Å². The maximum Gasteiger partial charge on any atom is 0.262 e. The van der Waals surface area contributed by atoms with Crippen molar-refractivity contribution < 1.29 is 19.1 Å². The third-order valence-corrected chi connectivity index (χ3v) is 3.51. The first kappa shape index (κ1) is 16.4. The van der Waals surface area contributed by atoms with E-state index >= 15 is 0 Å². The highest BCUT2D eigenvalue weighted by Gasteiger charge is 2.24. The first-order chi connectivity index (χ1) is 12.2. The number of carbonyl (C=O) groups excluding carboxylic acids is 2. The Bertz CT molecular complexity index is 860. The van der Waals surface area contributed by atoms with Gasteiger partial charge in [0.15, 0.2) is 18.1 Å². The summed E-state index contributed by atoms with van der Waals surface area (Å²) in [6, 6.07) is 12.6. The number of rotatable bonds is 6. The second-order valence-corrected chi connectivity index (χ2v) is 5.27. The van der Waals surface area contributed by atoms with Gasteiger partial charge in [-0.15, -0.1) is 0 Å². The van der Waals surface area contributed by atoms with Crippen molar-refractivity contribution in [1.82, 2.24) is 0 Å². The lowest BCUT2D eigenvalue weighted by molar-refractivity contribution is -0.118. The minimum atomic E-state index is -0.421. The highest BCUT2D eigenvalue weighted by atomic mass is 16.5. The molecule has 126 valence electrons. The number of anilines is 1. The van der Waals surface area contributed by atoms with Crippen LogP contribution in [0.3, 0.4) is 0 Å². The molecular weight excluding hydrogens is 324 g/mol. The maximum absolute atomic E-state index is 12.3. The molecular formula is C17H14N4O4. The minimum Gasteiger partial charge on any atom is -0.489 e. The molecule has 0 fully saturated rings. The summed E-state index contributed by atoms with van der Waals surface area (Å²) in [4.78, 5) is 26.4. The Labute approximate surface area is 143 Å². The summed E-state index contributed by atoms with van der Waals surface area (Å²) in [6.45, 7) is -0.222. The van der Waals surface area contributed by atoms with Crippen LogP contribution in [0.5, 0.6) is 11.5 Å². The Kier molecular flexibility index (Phi) is 4.82. The van der Waals surface area contributed by atoms with Crippen LogP contribution in [-0.4, -0.2) is 24.8 Å². The molecule has 2 aromatic carbocycles. The van der Waals surface area contributed by atoms with Gasteiger partial charge in [0.2, 0.25) is 0 Å². The van der Waals surface area contributed by atoms with Crippen LogP contribution in [0, 0.1) is 0 Å². The van der Waals surface area contributed by atoms with Gasteiger partial charge in [0, 0.05) is 11.0 Å². The Morgan fingerprint density at radius 3 is 2.88 bits per heavy atom. The largest absolute Gasteiger partial charge is 0.489 e. The number of ether oxygens (including phenoxy) is 2. The Morgan fingerprint density at radius 2 is 2.12 bits per heavy atom. The van der Waals surface area contributed by atoms with Crippen molar-refractivity contribution in [3.05, 3.63) is 64.0 Å². The van der Waals surface area contributed by atoms with Crippen LogP contribution in [0.15, 0.2) is 47.6 Å². The SMILES string of the molecule is [N-]=[N+]=NCC(=O)c1cc(OCc2ccccc2)cc2c1OCC(=O)N2. The molecule has 1 amide bonds. The smallest absolute Gasteiger partial charge is 0.262 e. The van der Waals surface area contributed by atoms with Gasteiger partial charge in [-0.05, 0) is 17.2 Å². The van der Waals surface area contributed by atoms with Gasteiger partial charge in [0.05, 0.1) is 17.8 Å². The molecule has 1 heterocycles. The van der Waals surface area contributed by atoms with Crippen molar-refractivity contribution in [2.24, 2.45) is 5.11 Å². The number of fused-ring (bicyclic) bond motifs is 1. The summed E-state index contributed by atoms with van der Waals surface area (Å²) < 4.78 is 11.1. The summed E-state index contributed by atoms with van der Waals surface area (Å²) in [5.74, 6) is -0.0843. The summed E-state index contributed by atoms with van der Waals surface area (Å²) in [7, 11) is 0. The van der Waals surface area contributed by atoms with Crippen molar-refractivity contribution in [3.8, 4) is 11.5 Å². The minimum absolute atomic E-state index is 0.182. The Balaban J connectivity index is 1.90. The van der Waals surface area contributed by atoms with E-state index in [4.69, 9.17) is 15.0 Å². The molecule has 0 bridgehead atoms. The van der Waals surface area contributed by atoms with Crippen LogP contribution in [0.25, 0.3) is 10.4 Å². The van der Waals surface area contributed by atoms with E-state index in [0.717, 1.165) is 5.56 Å². The maximum atomic E-state index is 12.3. The van der Waals surface area contributed by atoms with Crippen LogP contribution >= 0.6 is 0 Å². The average molecular weight is 338 g/mol. The van der Waals surface area contributed by atoms with Crippen molar-refractivity contribution >= 4 is 17.4 Å². The first-order valence-corrected chi connectivity index (χ1v) is 7.49. The molecule has 0 aliphatic carbocycles. The van der Waals surface area contributed by atoms with E-state index in [0.29, 0.717) is 18.0 Å². The molecule has 2 aromatic rings. The molecule has 1 N–H and O–H groups in total. The fraction of sp³-hybridized carbons (Fsp3) is 0.176. The highest BCUT2D eigenvalue weighted by Crippen LogP contribution is 2.36. The second-order valence-electron chi connectivity index (χ2n) is 5.27. The fourth-order valence-corrected chi connectivity index (χ4v) is 2.39. The van der Waals surface area contributed by atoms with Crippen LogP contribution in [-0.2, 0) is 11.4 Å². The van der Waals surface area contributed by atoms with Crippen LogP contribution < -0.4 is 14.8 Å². The number of carbonyl (C=O) groups is 2. The van der Waals surface area contributed by atoms with Crippen LogP contribution in [0.2, 0.25) is 0 Å². The lowest BCUT2D eigenvalue weighted by Crippen LogP contribution is -2.27. The molecule has 0 aromatic heterocycles. The molecule has 1 aliphatic rings. The standard InChI is InChI=1S/C17H14N4O4/c18-21-19-8-15(22)13-6-12(24-9-11-4-2-1-3-5-11)7-14-17(13)25-10-16(23)20-14/h1-7H,8-10H2,(H,20,23). The number of azide groups is 1.